The summed E-state index contributed by atoms with van der Waals surface area (Å²) in [7, 11) is 0. The van der Waals surface area contributed by atoms with E-state index in [1.54, 1.807) is 12.3 Å². The van der Waals surface area contributed by atoms with Crippen LogP contribution < -0.4 is 4.74 Å². The Labute approximate surface area is 127 Å². The van der Waals surface area contributed by atoms with E-state index < -0.39 is 5.41 Å². The molecule has 0 amide bonds. The summed E-state index contributed by atoms with van der Waals surface area (Å²) in [6, 6.07) is 0. The number of aromatic nitrogens is 2. The number of hydrogen-bond donors (Lipinski definition) is 0. The average molecular weight is 290 g/mol. The predicted octanol–water partition coefficient (Wildman–Crippen LogP) is 3.98. The van der Waals surface area contributed by atoms with Crippen molar-refractivity contribution in [2.75, 3.05) is 0 Å². The molecule has 21 heavy (non-hydrogen) atoms. The minimum absolute atomic E-state index is 0.0584. The van der Waals surface area contributed by atoms with Crippen molar-refractivity contribution in [3.05, 3.63) is 23.7 Å². The van der Waals surface area contributed by atoms with Gasteiger partial charge in [-0.25, -0.2) is 4.98 Å². The second-order valence-electron chi connectivity index (χ2n) is 6.26. The Morgan fingerprint density at radius 1 is 1.43 bits per heavy atom. The Balaban J connectivity index is 3.22. The highest BCUT2D eigenvalue weighted by Crippen LogP contribution is 2.28. The lowest BCUT2D eigenvalue weighted by atomic mass is 9.84. The molecular formula is C17H26N2O2. The Hall–Kier alpha value is -1.71. The first kappa shape index (κ1) is 17.3. The SMILES string of the molecule is C/C=C(/C(=O)C(C)(C)C)c1nc(OC(C)CC)cnc1C. The number of rotatable bonds is 5. The smallest absolute Gasteiger partial charge is 0.233 e. The number of carbonyl (C=O) groups excluding carboxylic acids is 1. The Kier molecular flexibility index (Phi) is 5.64. The summed E-state index contributed by atoms with van der Waals surface area (Å²) in [5.74, 6) is 0.522. The number of carbonyl (C=O) groups is 1. The van der Waals surface area contributed by atoms with Crippen LogP contribution in [-0.4, -0.2) is 21.9 Å². The van der Waals surface area contributed by atoms with Crippen molar-refractivity contribution in [1.82, 2.24) is 9.97 Å². The van der Waals surface area contributed by atoms with E-state index in [1.165, 1.54) is 0 Å². The van der Waals surface area contributed by atoms with Crippen molar-refractivity contribution >= 4 is 11.4 Å². The molecule has 116 valence electrons. The molecule has 0 aliphatic rings. The van der Waals surface area contributed by atoms with Crippen molar-refractivity contribution in [3.63, 3.8) is 0 Å². The summed E-state index contributed by atoms with van der Waals surface area (Å²) < 4.78 is 5.71. The van der Waals surface area contributed by atoms with Crippen molar-refractivity contribution in [2.24, 2.45) is 5.41 Å². The molecular weight excluding hydrogens is 264 g/mol. The van der Waals surface area contributed by atoms with Gasteiger partial charge in [0, 0.05) is 11.0 Å². The maximum Gasteiger partial charge on any atom is 0.233 e. The van der Waals surface area contributed by atoms with Crippen molar-refractivity contribution in [2.45, 2.75) is 61.0 Å². The van der Waals surface area contributed by atoms with Gasteiger partial charge in [-0.2, -0.15) is 0 Å². The Bertz CT molecular complexity index is 542. The van der Waals surface area contributed by atoms with E-state index in [9.17, 15) is 4.79 Å². The first-order valence-electron chi connectivity index (χ1n) is 7.42. The van der Waals surface area contributed by atoms with Gasteiger partial charge in [0.2, 0.25) is 5.88 Å². The molecule has 0 aliphatic carbocycles. The maximum absolute atomic E-state index is 12.6. The zero-order valence-electron chi connectivity index (χ0n) is 14.2. The zero-order valence-corrected chi connectivity index (χ0v) is 14.2. The van der Waals surface area contributed by atoms with Gasteiger partial charge in [0.25, 0.3) is 0 Å². The van der Waals surface area contributed by atoms with Crippen LogP contribution in [0.5, 0.6) is 5.88 Å². The summed E-state index contributed by atoms with van der Waals surface area (Å²) in [4.78, 5) is 21.4. The molecule has 4 nitrogen and oxygen atoms in total. The van der Waals surface area contributed by atoms with Gasteiger partial charge >= 0.3 is 0 Å². The number of ketones is 1. The van der Waals surface area contributed by atoms with E-state index in [-0.39, 0.29) is 11.9 Å². The quantitative estimate of drug-likeness (QED) is 0.770. The largest absolute Gasteiger partial charge is 0.474 e. The second kappa shape index (κ2) is 6.83. The topological polar surface area (TPSA) is 52.1 Å². The molecule has 0 spiro atoms. The lowest BCUT2D eigenvalue weighted by Gasteiger charge is -2.20. The molecule has 1 unspecified atom stereocenters. The van der Waals surface area contributed by atoms with Gasteiger partial charge in [0.05, 0.1) is 23.7 Å². The van der Waals surface area contributed by atoms with Gasteiger partial charge < -0.3 is 4.74 Å². The number of hydrogen-bond acceptors (Lipinski definition) is 4. The van der Waals surface area contributed by atoms with Gasteiger partial charge in [-0.15, -0.1) is 0 Å². The Morgan fingerprint density at radius 2 is 2.05 bits per heavy atom. The van der Waals surface area contributed by atoms with Gasteiger partial charge in [-0.3, -0.25) is 9.78 Å². The monoisotopic (exact) mass is 290 g/mol. The number of ether oxygens (including phenoxy) is 1. The van der Waals surface area contributed by atoms with Gasteiger partial charge in [0.15, 0.2) is 5.78 Å². The molecule has 0 N–H and O–H groups in total. The lowest BCUT2D eigenvalue weighted by Crippen LogP contribution is -2.22. The molecule has 0 radical (unpaired) electrons. The molecule has 1 atom stereocenters. The molecule has 0 saturated heterocycles. The van der Waals surface area contributed by atoms with Crippen LogP contribution in [0.4, 0.5) is 0 Å². The third kappa shape index (κ3) is 4.38. The zero-order chi connectivity index (χ0) is 16.2. The summed E-state index contributed by atoms with van der Waals surface area (Å²) >= 11 is 0. The summed E-state index contributed by atoms with van der Waals surface area (Å²) in [6.45, 7) is 13.5. The van der Waals surface area contributed by atoms with Crippen LogP contribution in [0.3, 0.4) is 0 Å². The van der Waals surface area contributed by atoms with Crippen molar-refractivity contribution in [3.8, 4) is 5.88 Å². The van der Waals surface area contributed by atoms with Crippen LogP contribution in [0.2, 0.25) is 0 Å². The van der Waals surface area contributed by atoms with Gasteiger partial charge in [0.1, 0.15) is 0 Å². The molecule has 0 fully saturated rings. The van der Waals surface area contributed by atoms with Crippen LogP contribution in [0.25, 0.3) is 5.57 Å². The summed E-state index contributed by atoms with van der Waals surface area (Å²) in [6.07, 6.45) is 4.38. The van der Waals surface area contributed by atoms with Crippen LogP contribution in [0, 0.1) is 12.3 Å². The van der Waals surface area contributed by atoms with Gasteiger partial charge in [-0.05, 0) is 27.2 Å². The Morgan fingerprint density at radius 3 is 2.52 bits per heavy atom. The minimum atomic E-state index is -0.455. The maximum atomic E-state index is 12.6. The highest BCUT2D eigenvalue weighted by atomic mass is 16.5. The van der Waals surface area contributed by atoms with E-state index in [1.807, 2.05) is 48.5 Å². The predicted molar refractivity (Wildman–Crippen MR) is 85.3 cm³/mol. The summed E-state index contributed by atoms with van der Waals surface area (Å²) in [5.41, 5.74) is 1.49. The number of allylic oxidation sites excluding steroid dienone is 2. The van der Waals surface area contributed by atoms with Crippen LogP contribution in [0.1, 0.15) is 59.4 Å². The fourth-order valence-corrected chi connectivity index (χ4v) is 1.81. The highest BCUT2D eigenvalue weighted by Gasteiger charge is 2.27. The normalized spacial score (nSPS) is 14.0. The molecule has 0 bridgehead atoms. The first-order chi connectivity index (χ1) is 9.70. The molecule has 0 aliphatic heterocycles. The fraction of sp³-hybridized carbons (Fsp3) is 0.588. The van der Waals surface area contributed by atoms with Crippen LogP contribution in [0.15, 0.2) is 12.3 Å². The number of nitrogens with zero attached hydrogens (tertiary/aromatic N) is 2. The molecule has 1 aromatic rings. The highest BCUT2D eigenvalue weighted by molar-refractivity contribution is 6.22. The standard InChI is InChI=1S/C17H26N2O2/c1-8-11(3)21-14-10-18-12(4)15(19-14)13(9-2)16(20)17(5,6)7/h9-11H,8H2,1-7H3/b13-9+. The van der Waals surface area contributed by atoms with E-state index in [0.717, 1.165) is 12.1 Å². The van der Waals surface area contributed by atoms with Crippen molar-refractivity contribution in [1.29, 1.82) is 0 Å². The van der Waals surface area contributed by atoms with E-state index in [4.69, 9.17) is 4.74 Å². The molecule has 0 saturated carbocycles. The molecule has 1 heterocycles. The molecule has 1 rings (SSSR count). The van der Waals surface area contributed by atoms with E-state index in [2.05, 4.69) is 9.97 Å². The van der Waals surface area contributed by atoms with E-state index >= 15 is 0 Å². The average Bonchev–Trinajstić information content (AvgIpc) is 2.41. The molecule has 1 aromatic heterocycles. The second-order valence-corrected chi connectivity index (χ2v) is 6.26. The van der Waals surface area contributed by atoms with E-state index in [0.29, 0.717) is 17.1 Å². The molecule has 0 aromatic carbocycles. The van der Waals surface area contributed by atoms with Gasteiger partial charge in [-0.1, -0.05) is 33.8 Å². The number of aryl methyl sites for hydroxylation is 1. The van der Waals surface area contributed by atoms with Crippen LogP contribution >= 0.6 is 0 Å². The fourth-order valence-electron chi connectivity index (χ4n) is 1.81. The molecule has 4 heteroatoms. The lowest BCUT2D eigenvalue weighted by molar-refractivity contribution is -0.120. The first-order valence-corrected chi connectivity index (χ1v) is 7.42. The minimum Gasteiger partial charge on any atom is -0.474 e. The van der Waals surface area contributed by atoms with Crippen LogP contribution in [-0.2, 0) is 4.79 Å². The third-order valence-corrected chi connectivity index (χ3v) is 3.30. The third-order valence-electron chi connectivity index (χ3n) is 3.30. The number of Topliss-reactive ketones (excluding diaryl/α,β-unsaturated/α-hetero) is 1. The van der Waals surface area contributed by atoms with Crippen molar-refractivity contribution < 1.29 is 9.53 Å². The summed E-state index contributed by atoms with van der Waals surface area (Å²) in [5, 5.41) is 0.